The lowest BCUT2D eigenvalue weighted by Gasteiger charge is -2.05. The van der Waals surface area contributed by atoms with Crippen LogP contribution in [0.15, 0.2) is 42.5 Å². The molecular formula is C15H8Cl2FNOS. The summed E-state index contributed by atoms with van der Waals surface area (Å²) in [5.74, 6) is -1.03. The van der Waals surface area contributed by atoms with E-state index in [4.69, 9.17) is 23.2 Å². The third kappa shape index (κ3) is 2.75. The average molecular weight is 340 g/mol. The second-order valence-corrected chi connectivity index (χ2v) is 6.19. The summed E-state index contributed by atoms with van der Waals surface area (Å²) in [5.41, 5.74) is 0.0675. The van der Waals surface area contributed by atoms with Crippen LogP contribution in [0.5, 0.6) is 0 Å². The van der Waals surface area contributed by atoms with Crippen LogP contribution in [0.1, 0.15) is 9.67 Å². The fourth-order valence-electron chi connectivity index (χ4n) is 1.93. The maximum absolute atomic E-state index is 13.7. The maximum Gasteiger partial charge on any atom is 0.267 e. The van der Waals surface area contributed by atoms with Crippen LogP contribution in [0.4, 0.5) is 10.1 Å². The second-order valence-electron chi connectivity index (χ2n) is 4.32. The van der Waals surface area contributed by atoms with Crippen LogP contribution in [0.2, 0.25) is 10.0 Å². The van der Waals surface area contributed by atoms with Crippen LogP contribution in [-0.2, 0) is 0 Å². The Labute approximate surface area is 134 Å². The highest BCUT2D eigenvalue weighted by atomic mass is 35.5. The first-order chi connectivity index (χ1) is 10.1. The van der Waals surface area contributed by atoms with Gasteiger partial charge in [-0.15, -0.1) is 11.3 Å². The minimum absolute atomic E-state index is 0.0675. The molecule has 21 heavy (non-hydrogen) atoms. The molecule has 0 aliphatic carbocycles. The van der Waals surface area contributed by atoms with Crippen molar-refractivity contribution < 1.29 is 9.18 Å². The van der Waals surface area contributed by atoms with Gasteiger partial charge in [-0.3, -0.25) is 4.79 Å². The number of carbonyl (C=O) groups excluding carboxylic acids is 1. The second kappa shape index (κ2) is 5.64. The molecule has 3 rings (SSSR count). The van der Waals surface area contributed by atoms with Gasteiger partial charge in [0.05, 0.1) is 10.7 Å². The zero-order valence-corrected chi connectivity index (χ0v) is 12.8. The largest absolute Gasteiger partial charge is 0.319 e. The normalized spacial score (nSPS) is 10.8. The zero-order chi connectivity index (χ0) is 15.0. The maximum atomic E-state index is 13.7. The molecule has 0 unspecified atom stereocenters. The summed E-state index contributed by atoms with van der Waals surface area (Å²) in [5, 5.41) is 3.97. The Morgan fingerprint density at radius 2 is 1.90 bits per heavy atom. The van der Waals surface area contributed by atoms with Gasteiger partial charge in [0.1, 0.15) is 10.7 Å². The third-order valence-corrected chi connectivity index (χ3v) is 4.83. The molecular weight excluding hydrogens is 332 g/mol. The lowest BCUT2D eigenvalue weighted by Crippen LogP contribution is -2.11. The predicted octanol–water partition coefficient (Wildman–Crippen LogP) is 5.60. The molecule has 0 aliphatic rings. The van der Waals surface area contributed by atoms with E-state index < -0.39 is 11.7 Å². The summed E-state index contributed by atoms with van der Waals surface area (Å²) in [4.78, 5) is 12.6. The first-order valence-electron chi connectivity index (χ1n) is 5.99. The van der Waals surface area contributed by atoms with Crippen LogP contribution < -0.4 is 5.32 Å². The number of nitrogens with one attached hydrogen (secondary N) is 1. The molecule has 0 bridgehead atoms. The molecule has 0 saturated carbocycles. The summed E-state index contributed by atoms with van der Waals surface area (Å²) >= 11 is 13.2. The molecule has 106 valence electrons. The van der Waals surface area contributed by atoms with Gasteiger partial charge in [-0.25, -0.2) is 4.39 Å². The Morgan fingerprint density at radius 3 is 2.62 bits per heavy atom. The van der Waals surface area contributed by atoms with E-state index >= 15 is 0 Å². The number of hydrogen-bond donors (Lipinski definition) is 1. The van der Waals surface area contributed by atoms with Crippen molar-refractivity contribution in [3.05, 3.63) is 63.2 Å². The van der Waals surface area contributed by atoms with Crippen molar-refractivity contribution >= 4 is 56.2 Å². The first kappa shape index (κ1) is 14.3. The van der Waals surface area contributed by atoms with E-state index in [2.05, 4.69) is 5.32 Å². The van der Waals surface area contributed by atoms with Gasteiger partial charge in [0.15, 0.2) is 0 Å². The number of carbonyl (C=O) groups is 1. The van der Waals surface area contributed by atoms with Gasteiger partial charge in [-0.2, -0.15) is 0 Å². The zero-order valence-electron chi connectivity index (χ0n) is 10.5. The summed E-state index contributed by atoms with van der Waals surface area (Å²) < 4.78 is 14.6. The highest BCUT2D eigenvalue weighted by Gasteiger charge is 2.18. The third-order valence-electron chi connectivity index (χ3n) is 2.92. The number of benzene rings is 2. The van der Waals surface area contributed by atoms with Crippen molar-refractivity contribution in [2.24, 2.45) is 0 Å². The van der Waals surface area contributed by atoms with E-state index in [1.54, 1.807) is 0 Å². The Kier molecular flexibility index (Phi) is 3.85. The van der Waals surface area contributed by atoms with Crippen molar-refractivity contribution in [2.75, 3.05) is 5.32 Å². The topological polar surface area (TPSA) is 29.1 Å². The molecule has 0 atom stereocenters. The lowest BCUT2D eigenvalue weighted by atomic mass is 10.2. The Bertz CT molecular complexity index is 847. The van der Waals surface area contributed by atoms with Gasteiger partial charge in [0.2, 0.25) is 0 Å². The molecule has 1 N–H and O–H groups in total. The summed E-state index contributed by atoms with van der Waals surface area (Å²) in [7, 11) is 0. The predicted molar refractivity (Wildman–Crippen MR) is 86.2 cm³/mol. The molecule has 1 heterocycles. The molecule has 6 heteroatoms. The fourth-order valence-corrected chi connectivity index (χ4v) is 3.50. The number of hydrogen-bond acceptors (Lipinski definition) is 2. The minimum atomic E-state index is -0.590. The van der Waals surface area contributed by atoms with Gasteiger partial charge in [-0.05, 0) is 24.3 Å². The molecule has 3 aromatic rings. The number of thiophene rings is 1. The standard InChI is InChI=1S/C15H8Cl2FNOS/c16-8-5-6-11(10(18)7-8)19-15(20)14-13(17)9-3-1-2-4-12(9)21-14/h1-7H,(H,19,20). The van der Waals surface area contributed by atoms with Crippen LogP contribution in [0, 0.1) is 5.82 Å². The van der Waals surface area contributed by atoms with Crippen molar-refractivity contribution in [1.82, 2.24) is 0 Å². The van der Waals surface area contributed by atoms with Gasteiger partial charge >= 0.3 is 0 Å². The summed E-state index contributed by atoms with van der Waals surface area (Å²) in [6.45, 7) is 0. The number of rotatable bonds is 2. The lowest BCUT2D eigenvalue weighted by molar-refractivity contribution is 0.103. The molecule has 1 aromatic heterocycles. The van der Waals surface area contributed by atoms with Gasteiger partial charge in [0.25, 0.3) is 5.91 Å². The summed E-state index contributed by atoms with van der Waals surface area (Å²) in [6.07, 6.45) is 0. The van der Waals surface area contributed by atoms with Crippen molar-refractivity contribution in [3.8, 4) is 0 Å². The number of halogens is 3. The number of fused-ring (bicyclic) bond motifs is 1. The molecule has 0 saturated heterocycles. The first-order valence-corrected chi connectivity index (χ1v) is 7.57. The number of amides is 1. The highest BCUT2D eigenvalue weighted by molar-refractivity contribution is 7.21. The van der Waals surface area contributed by atoms with Crippen molar-refractivity contribution in [1.29, 1.82) is 0 Å². The van der Waals surface area contributed by atoms with Crippen molar-refractivity contribution in [2.45, 2.75) is 0 Å². The quantitative estimate of drug-likeness (QED) is 0.646. The highest BCUT2D eigenvalue weighted by Crippen LogP contribution is 2.35. The monoisotopic (exact) mass is 339 g/mol. The van der Waals surface area contributed by atoms with Gasteiger partial charge in [0, 0.05) is 15.1 Å². The molecule has 1 amide bonds. The van der Waals surface area contributed by atoms with E-state index in [1.807, 2.05) is 24.3 Å². The van der Waals surface area contributed by atoms with Gasteiger partial charge in [-0.1, -0.05) is 41.4 Å². The van der Waals surface area contributed by atoms with E-state index in [0.717, 1.165) is 16.2 Å². The van der Waals surface area contributed by atoms with Crippen LogP contribution in [0.3, 0.4) is 0 Å². The average Bonchev–Trinajstić information content (AvgIpc) is 2.80. The van der Waals surface area contributed by atoms with E-state index in [-0.39, 0.29) is 10.7 Å². The van der Waals surface area contributed by atoms with E-state index in [1.165, 1.54) is 23.5 Å². The Morgan fingerprint density at radius 1 is 1.14 bits per heavy atom. The molecule has 0 aliphatic heterocycles. The number of anilines is 1. The Hall–Kier alpha value is -1.62. The van der Waals surface area contributed by atoms with Crippen molar-refractivity contribution in [3.63, 3.8) is 0 Å². The summed E-state index contributed by atoms with van der Waals surface area (Å²) in [6, 6.07) is 11.5. The minimum Gasteiger partial charge on any atom is -0.319 e. The van der Waals surface area contributed by atoms with E-state index in [9.17, 15) is 9.18 Å². The SMILES string of the molecule is O=C(Nc1ccc(Cl)cc1F)c1sc2ccccc2c1Cl. The van der Waals surface area contributed by atoms with Crippen LogP contribution in [0.25, 0.3) is 10.1 Å². The van der Waals surface area contributed by atoms with Crippen LogP contribution >= 0.6 is 34.5 Å². The molecule has 0 fully saturated rings. The molecule has 2 aromatic carbocycles. The fraction of sp³-hybridized carbons (Fsp3) is 0. The van der Waals surface area contributed by atoms with Gasteiger partial charge < -0.3 is 5.32 Å². The molecule has 0 spiro atoms. The molecule has 0 radical (unpaired) electrons. The smallest absolute Gasteiger partial charge is 0.267 e. The van der Waals surface area contributed by atoms with E-state index in [0.29, 0.717) is 9.90 Å². The Balaban J connectivity index is 1.95. The molecule has 2 nitrogen and oxygen atoms in total. The van der Waals surface area contributed by atoms with Crippen LogP contribution in [-0.4, -0.2) is 5.91 Å².